The predicted molar refractivity (Wildman–Crippen MR) is 54.3 cm³/mol. The van der Waals surface area contributed by atoms with E-state index >= 15 is 0 Å². The van der Waals surface area contributed by atoms with Gasteiger partial charge in [-0.3, -0.25) is 0 Å². The van der Waals surface area contributed by atoms with Gasteiger partial charge in [-0.15, -0.1) is 0 Å². The van der Waals surface area contributed by atoms with Gasteiger partial charge >= 0.3 is 0 Å². The van der Waals surface area contributed by atoms with Gasteiger partial charge in [0.2, 0.25) is 0 Å². The molecule has 0 unspecified atom stereocenters. The number of nitrogens with zero attached hydrogens (tertiary/aromatic N) is 1. The molecule has 0 fully saturated rings. The van der Waals surface area contributed by atoms with E-state index in [1.165, 1.54) is 0 Å². The highest BCUT2D eigenvalue weighted by Gasteiger charge is 2.36. The summed E-state index contributed by atoms with van der Waals surface area (Å²) >= 11 is 0. The molecule has 0 aromatic rings. The van der Waals surface area contributed by atoms with Crippen LogP contribution in [0, 0.1) is 16.7 Å². The van der Waals surface area contributed by atoms with E-state index < -0.39 is 0 Å². The van der Waals surface area contributed by atoms with E-state index in [1.807, 2.05) is 0 Å². The molecule has 0 saturated heterocycles. The SMILES string of the molecule is COC(C)(C)C(C)(C)CCCC#N. The summed E-state index contributed by atoms with van der Waals surface area (Å²) in [5.41, 5.74) is 0.00105. The number of nitriles is 1. The fourth-order valence-electron chi connectivity index (χ4n) is 1.19. The number of hydrogen-bond acceptors (Lipinski definition) is 2. The molecule has 0 aromatic heterocycles. The zero-order chi connectivity index (χ0) is 10.5. The van der Waals surface area contributed by atoms with Crippen LogP contribution in [0.1, 0.15) is 47.0 Å². The fraction of sp³-hybridized carbons (Fsp3) is 0.909. The molecule has 0 heterocycles. The first-order valence-electron chi connectivity index (χ1n) is 4.79. The molecule has 2 nitrogen and oxygen atoms in total. The molecule has 0 spiro atoms. The monoisotopic (exact) mass is 183 g/mol. The van der Waals surface area contributed by atoms with Gasteiger partial charge in [-0.25, -0.2) is 0 Å². The lowest BCUT2D eigenvalue weighted by Crippen LogP contribution is -2.40. The average molecular weight is 183 g/mol. The minimum Gasteiger partial charge on any atom is -0.378 e. The third kappa shape index (κ3) is 3.36. The minimum absolute atomic E-state index is 0.123. The van der Waals surface area contributed by atoms with Crippen molar-refractivity contribution >= 4 is 0 Å². The molecule has 0 rings (SSSR count). The Morgan fingerprint density at radius 2 is 1.77 bits per heavy atom. The van der Waals surface area contributed by atoms with E-state index in [2.05, 4.69) is 33.8 Å². The van der Waals surface area contributed by atoms with Crippen LogP contribution in [0.15, 0.2) is 0 Å². The zero-order valence-electron chi connectivity index (χ0n) is 9.48. The van der Waals surface area contributed by atoms with Crippen molar-refractivity contribution < 1.29 is 4.74 Å². The van der Waals surface area contributed by atoms with E-state index in [4.69, 9.17) is 10.00 Å². The fourth-order valence-corrected chi connectivity index (χ4v) is 1.19. The molecule has 0 amide bonds. The normalized spacial score (nSPS) is 12.6. The maximum absolute atomic E-state index is 8.44. The van der Waals surface area contributed by atoms with E-state index in [0.717, 1.165) is 12.8 Å². The molecule has 0 bridgehead atoms. The van der Waals surface area contributed by atoms with Crippen LogP contribution in [-0.4, -0.2) is 12.7 Å². The number of hydrogen-bond donors (Lipinski definition) is 0. The van der Waals surface area contributed by atoms with Crippen molar-refractivity contribution in [1.82, 2.24) is 0 Å². The largest absolute Gasteiger partial charge is 0.378 e. The second-order valence-electron chi connectivity index (χ2n) is 4.61. The van der Waals surface area contributed by atoms with Crippen molar-refractivity contribution in [2.45, 2.75) is 52.6 Å². The quantitative estimate of drug-likeness (QED) is 0.613. The van der Waals surface area contributed by atoms with Gasteiger partial charge in [0.05, 0.1) is 11.7 Å². The summed E-state index contributed by atoms with van der Waals surface area (Å²) in [7, 11) is 1.74. The average Bonchev–Trinajstić information content (AvgIpc) is 2.04. The third-order valence-electron chi connectivity index (χ3n) is 3.23. The van der Waals surface area contributed by atoms with E-state index in [1.54, 1.807) is 7.11 Å². The number of unbranched alkanes of at least 4 members (excludes halogenated alkanes) is 1. The van der Waals surface area contributed by atoms with Crippen molar-refractivity contribution in [3.05, 3.63) is 0 Å². The predicted octanol–water partition coefficient (Wildman–Crippen LogP) is 3.13. The first-order chi connectivity index (χ1) is 5.87. The molecule has 0 atom stereocenters. The van der Waals surface area contributed by atoms with Crippen molar-refractivity contribution in [3.8, 4) is 6.07 Å². The Hall–Kier alpha value is -0.550. The highest BCUT2D eigenvalue weighted by molar-refractivity contribution is 4.88. The lowest BCUT2D eigenvalue weighted by Gasteiger charge is -2.40. The van der Waals surface area contributed by atoms with Gasteiger partial charge < -0.3 is 4.74 Å². The molecule has 0 saturated carbocycles. The Labute approximate surface area is 81.9 Å². The van der Waals surface area contributed by atoms with Crippen LogP contribution in [0.25, 0.3) is 0 Å². The van der Waals surface area contributed by atoms with Crippen molar-refractivity contribution in [2.24, 2.45) is 5.41 Å². The number of rotatable bonds is 5. The van der Waals surface area contributed by atoms with Crippen molar-refractivity contribution in [3.63, 3.8) is 0 Å². The summed E-state index contributed by atoms with van der Waals surface area (Å²) < 4.78 is 5.45. The molecular weight excluding hydrogens is 162 g/mol. The topological polar surface area (TPSA) is 33.0 Å². The van der Waals surface area contributed by atoms with E-state index in [9.17, 15) is 0 Å². The van der Waals surface area contributed by atoms with E-state index in [0.29, 0.717) is 6.42 Å². The summed E-state index contributed by atoms with van der Waals surface area (Å²) in [4.78, 5) is 0. The maximum atomic E-state index is 8.44. The van der Waals surface area contributed by atoms with Crippen LogP contribution < -0.4 is 0 Å². The van der Waals surface area contributed by atoms with Crippen LogP contribution in [0.4, 0.5) is 0 Å². The Balaban J connectivity index is 4.15. The van der Waals surface area contributed by atoms with Crippen molar-refractivity contribution in [2.75, 3.05) is 7.11 Å². The maximum Gasteiger partial charge on any atom is 0.0673 e. The molecular formula is C11H21NO. The number of ether oxygens (including phenoxy) is 1. The first-order valence-corrected chi connectivity index (χ1v) is 4.79. The van der Waals surface area contributed by atoms with Gasteiger partial charge in [-0.1, -0.05) is 13.8 Å². The standard InChI is InChI=1S/C11H21NO/c1-10(2,8-6-7-9-12)11(3,4)13-5/h6-8H2,1-5H3. The molecule has 13 heavy (non-hydrogen) atoms. The summed E-state index contributed by atoms with van der Waals surface area (Å²) in [6.07, 6.45) is 2.63. The Morgan fingerprint density at radius 1 is 1.23 bits per heavy atom. The molecule has 0 aromatic carbocycles. The lowest BCUT2D eigenvalue weighted by atomic mass is 9.73. The molecule has 0 radical (unpaired) electrons. The first kappa shape index (κ1) is 12.4. The molecule has 0 aliphatic heterocycles. The highest BCUT2D eigenvalue weighted by Crippen LogP contribution is 2.37. The van der Waals surface area contributed by atoms with Gasteiger partial charge in [0, 0.05) is 13.5 Å². The molecule has 76 valence electrons. The third-order valence-corrected chi connectivity index (χ3v) is 3.23. The smallest absolute Gasteiger partial charge is 0.0673 e. The minimum atomic E-state index is -0.123. The van der Waals surface area contributed by atoms with Crippen LogP contribution in [-0.2, 0) is 4.74 Å². The van der Waals surface area contributed by atoms with Gasteiger partial charge in [-0.2, -0.15) is 5.26 Å². The lowest BCUT2D eigenvalue weighted by molar-refractivity contribution is -0.0749. The zero-order valence-corrected chi connectivity index (χ0v) is 9.48. The highest BCUT2D eigenvalue weighted by atomic mass is 16.5. The van der Waals surface area contributed by atoms with Gasteiger partial charge in [0.15, 0.2) is 0 Å². The van der Waals surface area contributed by atoms with Crippen LogP contribution >= 0.6 is 0 Å². The van der Waals surface area contributed by atoms with Crippen LogP contribution in [0.5, 0.6) is 0 Å². The molecule has 0 aliphatic rings. The molecule has 0 N–H and O–H groups in total. The van der Waals surface area contributed by atoms with Crippen LogP contribution in [0.3, 0.4) is 0 Å². The second kappa shape index (κ2) is 4.62. The van der Waals surface area contributed by atoms with E-state index in [-0.39, 0.29) is 11.0 Å². The van der Waals surface area contributed by atoms with Gasteiger partial charge in [-0.05, 0) is 32.1 Å². The summed E-state index contributed by atoms with van der Waals surface area (Å²) in [5.74, 6) is 0. The summed E-state index contributed by atoms with van der Waals surface area (Å²) in [6, 6.07) is 2.17. The Bertz CT molecular complexity index is 189. The second-order valence-corrected chi connectivity index (χ2v) is 4.61. The summed E-state index contributed by atoms with van der Waals surface area (Å²) in [5, 5.41) is 8.44. The van der Waals surface area contributed by atoms with Gasteiger partial charge in [0.25, 0.3) is 0 Å². The summed E-state index contributed by atoms with van der Waals surface area (Å²) in [6.45, 7) is 8.57. The molecule has 2 heteroatoms. The van der Waals surface area contributed by atoms with Crippen molar-refractivity contribution in [1.29, 1.82) is 5.26 Å². The molecule has 0 aliphatic carbocycles. The van der Waals surface area contributed by atoms with Gasteiger partial charge in [0.1, 0.15) is 0 Å². The Morgan fingerprint density at radius 3 is 2.15 bits per heavy atom. The van der Waals surface area contributed by atoms with Crippen LogP contribution in [0.2, 0.25) is 0 Å². The Kier molecular flexibility index (Phi) is 4.43. The number of methoxy groups -OCH3 is 1.